The molecular weight excluding hydrogens is 307 g/mol. The van der Waals surface area contributed by atoms with Gasteiger partial charge in [-0.05, 0) is 36.6 Å². The summed E-state index contributed by atoms with van der Waals surface area (Å²) in [5.74, 6) is -0.0449. The summed E-state index contributed by atoms with van der Waals surface area (Å²) in [6.45, 7) is 1.43. The molecule has 2 heterocycles. The zero-order valence-corrected chi connectivity index (χ0v) is 12.3. The molecule has 0 aliphatic carbocycles. The topological polar surface area (TPSA) is 63.9 Å². The second-order valence-electron chi connectivity index (χ2n) is 4.95. The van der Waals surface area contributed by atoms with Crippen molar-refractivity contribution >= 4 is 17.7 Å². The van der Waals surface area contributed by atoms with E-state index >= 15 is 0 Å². The van der Waals surface area contributed by atoms with E-state index in [1.165, 1.54) is 0 Å². The van der Waals surface area contributed by atoms with Crippen LogP contribution < -0.4 is 0 Å². The van der Waals surface area contributed by atoms with Gasteiger partial charge in [0.05, 0.1) is 5.75 Å². The molecule has 21 heavy (non-hydrogen) atoms. The molecule has 0 aromatic carbocycles. The maximum absolute atomic E-state index is 12.3. The van der Waals surface area contributed by atoms with Gasteiger partial charge in [-0.2, -0.15) is 13.2 Å². The molecule has 1 aromatic heterocycles. The van der Waals surface area contributed by atoms with Crippen LogP contribution in [0.4, 0.5) is 13.2 Å². The van der Waals surface area contributed by atoms with E-state index in [4.69, 9.17) is 0 Å². The molecule has 1 amide bonds. The fraction of sp³-hybridized carbons (Fsp3) is 0.818. The van der Waals surface area contributed by atoms with Crippen molar-refractivity contribution in [1.82, 2.24) is 25.1 Å². The average molecular weight is 323 g/mol. The van der Waals surface area contributed by atoms with Crippen LogP contribution in [0.25, 0.3) is 0 Å². The molecule has 0 bridgehead atoms. The van der Waals surface area contributed by atoms with Gasteiger partial charge >= 0.3 is 6.18 Å². The van der Waals surface area contributed by atoms with Crippen molar-refractivity contribution < 1.29 is 18.0 Å². The Morgan fingerprint density at radius 2 is 2.19 bits per heavy atom. The maximum Gasteiger partial charge on any atom is 0.408 e. The first-order valence-corrected chi connectivity index (χ1v) is 7.60. The van der Waals surface area contributed by atoms with Gasteiger partial charge in [-0.1, -0.05) is 11.8 Å². The van der Waals surface area contributed by atoms with Gasteiger partial charge in [-0.3, -0.25) is 4.79 Å². The number of tetrazole rings is 1. The van der Waals surface area contributed by atoms with Gasteiger partial charge in [0.15, 0.2) is 0 Å². The molecule has 10 heteroatoms. The Bertz CT molecular complexity index is 492. The highest BCUT2D eigenvalue weighted by atomic mass is 32.2. The largest absolute Gasteiger partial charge is 0.408 e. The molecule has 2 rings (SSSR count). The number of aromatic nitrogens is 4. The van der Waals surface area contributed by atoms with Crippen LogP contribution in [-0.2, 0) is 11.3 Å². The number of hydrogen-bond donors (Lipinski definition) is 0. The van der Waals surface area contributed by atoms with Gasteiger partial charge < -0.3 is 4.90 Å². The van der Waals surface area contributed by atoms with E-state index in [1.807, 2.05) is 6.92 Å². The first kappa shape index (κ1) is 16.1. The fourth-order valence-electron chi connectivity index (χ4n) is 2.25. The molecule has 1 saturated heterocycles. The average Bonchev–Trinajstić information content (AvgIpc) is 2.81. The molecule has 0 spiro atoms. The summed E-state index contributed by atoms with van der Waals surface area (Å²) < 4.78 is 37.7. The minimum absolute atomic E-state index is 0.00494. The van der Waals surface area contributed by atoms with E-state index in [0.29, 0.717) is 11.2 Å². The van der Waals surface area contributed by atoms with Crippen molar-refractivity contribution in [3.05, 3.63) is 0 Å². The highest BCUT2D eigenvalue weighted by Crippen LogP contribution is 2.23. The van der Waals surface area contributed by atoms with Crippen molar-refractivity contribution in [3.8, 4) is 0 Å². The molecular formula is C11H16F3N5OS. The fourth-order valence-corrected chi connectivity index (χ4v) is 3.01. The highest BCUT2D eigenvalue weighted by molar-refractivity contribution is 7.99. The Labute approximate surface area is 124 Å². The molecule has 6 nitrogen and oxygen atoms in total. The minimum atomic E-state index is -4.39. The number of halogens is 3. The Morgan fingerprint density at radius 1 is 1.43 bits per heavy atom. The van der Waals surface area contributed by atoms with Crippen LogP contribution in [0.1, 0.15) is 26.2 Å². The lowest BCUT2D eigenvalue weighted by molar-refractivity contribution is -0.144. The molecule has 118 valence electrons. The Balaban J connectivity index is 1.91. The molecule has 1 aromatic rings. The van der Waals surface area contributed by atoms with Crippen molar-refractivity contribution in [2.75, 3.05) is 12.3 Å². The summed E-state index contributed by atoms with van der Waals surface area (Å²) in [6.07, 6.45) is -1.37. The predicted molar refractivity (Wildman–Crippen MR) is 69.6 cm³/mol. The van der Waals surface area contributed by atoms with Crippen molar-refractivity contribution in [1.29, 1.82) is 0 Å². The molecule has 0 saturated carbocycles. The number of rotatable bonds is 4. The van der Waals surface area contributed by atoms with Crippen LogP contribution in [0.3, 0.4) is 0 Å². The summed E-state index contributed by atoms with van der Waals surface area (Å²) in [7, 11) is 0. The number of nitrogens with zero attached hydrogens (tertiary/aromatic N) is 5. The standard InChI is InChI=1S/C11H16F3N5OS/c1-8-4-2-3-5-18(8)9(20)6-21-10-15-16-17-19(10)7-11(12,13)14/h8H,2-7H2,1H3/t8-/m0/s1. The van der Waals surface area contributed by atoms with Crippen molar-refractivity contribution in [2.24, 2.45) is 0 Å². The molecule has 1 atom stereocenters. The normalized spacial score (nSPS) is 19.8. The van der Waals surface area contributed by atoms with Gasteiger partial charge in [-0.15, -0.1) is 5.10 Å². The number of carbonyl (C=O) groups is 1. The lowest BCUT2D eigenvalue weighted by Gasteiger charge is -2.33. The van der Waals surface area contributed by atoms with E-state index in [1.54, 1.807) is 4.90 Å². The van der Waals surface area contributed by atoms with Crippen LogP contribution in [0, 0.1) is 0 Å². The lowest BCUT2D eigenvalue weighted by Crippen LogP contribution is -2.43. The third-order valence-corrected chi connectivity index (χ3v) is 4.22. The van der Waals surface area contributed by atoms with E-state index in [0.717, 1.165) is 31.0 Å². The molecule has 1 aliphatic heterocycles. The zero-order chi connectivity index (χ0) is 15.5. The number of hydrogen-bond acceptors (Lipinski definition) is 5. The summed E-state index contributed by atoms with van der Waals surface area (Å²) >= 11 is 0.934. The molecule has 0 radical (unpaired) electrons. The van der Waals surface area contributed by atoms with Gasteiger partial charge in [0.1, 0.15) is 6.54 Å². The Kier molecular flexibility index (Phi) is 5.07. The number of amides is 1. The smallest absolute Gasteiger partial charge is 0.339 e. The van der Waals surface area contributed by atoms with E-state index in [9.17, 15) is 18.0 Å². The highest BCUT2D eigenvalue weighted by Gasteiger charge is 2.30. The second-order valence-corrected chi connectivity index (χ2v) is 5.90. The number of thioether (sulfide) groups is 1. The van der Waals surface area contributed by atoms with Gasteiger partial charge in [0, 0.05) is 12.6 Å². The predicted octanol–water partition coefficient (Wildman–Crippen LogP) is 1.73. The van der Waals surface area contributed by atoms with Gasteiger partial charge in [-0.25, -0.2) is 4.68 Å². The van der Waals surface area contributed by atoms with Crippen LogP contribution in [0.2, 0.25) is 0 Å². The van der Waals surface area contributed by atoms with Crippen molar-refractivity contribution in [3.63, 3.8) is 0 Å². The van der Waals surface area contributed by atoms with Crippen LogP contribution in [0.5, 0.6) is 0 Å². The van der Waals surface area contributed by atoms with Crippen LogP contribution in [0.15, 0.2) is 5.16 Å². The van der Waals surface area contributed by atoms with Crippen molar-refractivity contribution in [2.45, 2.75) is 50.1 Å². The summed E-state index contributed by atoms with van der Waals surface area (Å²) in [5, 5.41) is 10.1. The van der Waals surface area contributed by atoms with Crippen LogP contribution in [-0.4, -0.2) is 55.5 Å². The zero-order valence-electron chi connectivity index (χ0n) is 11.5. The maximum atomic E-state index is 12.3. The quantitative estimate of drug-likeness (QED) is 0.790. The monoisotopic (exact) mass is 323 g/mol. The first-order valence-electron chi connectivity index (χ1n) is 6.62. The molecule has 1 fully saturated rings. The number of alkyl halides is 3. The number of carbonyl (C=O) groups excluding carboxylic acids is 1. The third kappa shape index (κ3) is 4.58. The van der Waals surface area contributed by atoms with Crippen LogP contribution >= 0.6 is 11.8 Å². The lowest BCUT2D eigenvalue weighted by atomic mass is 10.0. The Morgan fingerprint density at radius 3 is 2.86 bits per heavy atom. The SMILES string of the molecule is C[C@H]1CCCCN1C(=O)CSc1nnnn1CC(F)(F)F. The summed E-state index contributed by atoms with van der Waals surface area (Å²) in [6, 6.07) is 0.179. The summed E-state index contributed by atoms with van der Waals surface area (Å²) in [5.41, 5.74) is 0. The molecule has 0 N–H and O–H groups in total. The van der Waals surface area contributed by atoms with E-state index in [-0.39, 0.29) is 22.9 Å². The van der Waals surface area contributed by atoms with Gasteiger partial charge in [0.2, 0.25) is 11.1 Å². The second kappa shape index (κ2) is 6.63. The third-order valence-electron chi connectivity index (χ3n) is 3.28. The molecule has 1 aliphatic rings. The summed E-state index contributed by atoms with van der Waals surface area (Å²) in [4.78, 5) is 13.9. The number of likely N-dealkylation sites (tertiary alicyclic amines) is 1. The first-order chi connectivity index (χ1) is 9.87. The van der Waals surface area contributed by atoms with E-state index < -0.39 is 12.7 Å². The Hall–Kier alpha value is -1.32. The minimum Gasteiger partial charge on any atom is -0.339 e. The number of piperidine rings is 1. The molecule has 0 unspecified atom stereocenters. The van der Waals surface area contributed by atoms with Gasteiger partial charge in [0.25, 0.3) is 0 Å². The van der Waals surface area contributed by atoms with E-state index in [2.05, 4.69) is 15.5 Å².